The number of halogens is 2. The van der Waals surface area contributed by atoms with Gasteiger partial charge in [-0.25, -0.2) is 4.98 Å². The van der Waals surface area contributed by atoms with Crippen molar-refractivity contribution in [1.29, 1.82) is 0 Å². The molecule has 0 spiro atoms. The fourth-order valence-electron chi connectivity index (χ4n) is 2.28. The van der Waals surface area contributed by atoms with Crippen molar-refractivity contribution in [3.05, 3.63) is 50.4 Å². The van der Waals surface area contributed by atoms with E-state index in [1.807, 2.05) is 14.0 Å². The van der Waals surface area contributed by atoms with Gasteiger partial charge in [-0.05, 0) is 31.0 Å². The van der Waals surface area contributed by atoms with E-state index in [4.69, 9.17) is 0 Å². The molecule has 0 fully saturated rings. The average Bonchev–Trinajstić information content (AvgIpc) is 2.95. The summed E-state index contributed by atoms with van der Waals surface area (Å²) in [6, 6.07) is 8.38. The fourth-order valence-corrected chi connectivity index (χ4v) is 3.36. The second-order valence-electron chi connectivity index (χ2n) is 5.44. The van der Waals surface area contributed by atoms with Crippen LogP contribution in [0.1, 0.15) is 22.7 Å². The molecule has 4 nitrogen and oxygen atoms in total. The van der Waals surface area contributed by atoms with Crippen LogP contribution in [0.3, 0.4) is 0 Å². The molecule has 1 N–H and O–H groups in total. The predicted octanol–water partition coefficient (Wildman–Crippen LogP) is 4.47. The summed E-state index contributed by atoms with van der Waals surface area (Å²) in [6.07, 6.45) is 2.07. The highest BCUT2D eigenvalue weighted by Gasteiger charge is 2.06. The van der Waals surface area contributed by atoms with E-state index in [-0.39, 0.29) is 24.0 Å². The molecule has 132 valence electrons. The van der Waals surface area contributed by atoms with E-state index in [2.05, 4.69) is 72.8 Å². The summed E-state index contributed by atoms with van der Waals surface area (Å²) in [7, 11) is 3.88. The number of nitrogens with zero attached hydrogens (tertiary/aromatic N) is 3. The van der Waals surface area contributed by atoms with Gasteiger partial charge in [0.2, 0.25) is 0 Å². The third-order valence-electron chi connectivity index (χ3n) is 3.42. The third-order valence-corrected chi connectivity index (χ3v) is 4.98. The Kier molecular flexibility index (Phi) is 9.84. The molecule has 24 heavy (non-hydrogen) atoms. The maximum Gasteiger partial charge on any atom is 0.193 e. The summed E-state index contributed by atoms with van der Waals surface area (Å²) < 4.78 is 1.10. The second-order valence-corrected chi connectivity index (χ2v) is 7.30. The quantitative estimate of drug-likeness (QED) is 0.263. The molecule has 2 rings (SSSR count). The highest BCUT2D eigenvalue weighted by molar-refractivity contribution is 14.0. The van der Waals surface area contributed by atoms with E-state index in [1.54, 1.807) is 11.3 Å². The van der Waals surface area contributed by atoms with Gasteiger partial charge in [0.05, 0.1) is 5.01 Å². The number of thiazole rings is 1. The molecule has 1 heterocycles. The lowest BCUT2D eigenvalue weighted by Crippen LogP contribution is -2.39. The van der Waals surface area contributed by atoms with Crippen LogP contribution in [-0.4, -0.2) is 36.5 Å². The first-order chi connectivity index (χ1) is 11.1. The monoisotopic (exact) mass is 522 g/mol. The number of hydrogen-bond donors (Lipinski definition) is 1. The maximum atomic E-state index is 4.49. The van der Waals surface area contributed by atoms with Crippen LogP contribution in [0.4, 0.5) is 0 Å². The highest BCUT2D eigenvalue weighted by Crippen LogP contribution is 2.12. The summed E-state index contributed by atoms with van der Waals surface area (Å²) in [6.45, 7) is 3.77. The molecule has 7 heteroatoms. The van der Waals surface area contributed by atoms with Crippen molar-refractivity contribution in [1.82, 2.24) is 15.2 Å². The number of benzene rings is 1. The van der Waals surface area contributed by atoms with Crippen LogP contribution in [0, 0.1) is 6.92 Å². The largest absolute Gasteiger partial charge is 0.356 e. The number of aromatic nitrogens is 1. The lowest BCUT2D eigenvalue weighted by Gasteiger charge is -2.22. The fraction of sp³-hybridized carbons (Fsp3) is 0.412. The summed E-state index contributed by atoms with van der Waals surface area (Å²) in [5, 5.41) is 6.74. The molecule has 2 aromatic rings. The Morgan fingerprint density at radius 2 is 2.04 bits per heavy atom. The van der Waals surface area contributed by atoms with Gasteiger partial charge >= 0.3 is 0 Å². The zero-order valence-corrected chi connectivity index (χ0v) is 19.0. The van der Waals surface area contributed by atoms with Crippen LogP contribution in [0.5, 0.6) is 0 Å². The molecule has 0 saturated carbocycles. The Morgan fingerprint density at radius 3 is 2.62 bits per heavy atom. The van der Waals surface area contributed by atoms with E-state index in [1.165, 1.54) is 10.6 Å². The Labute approximate surface area is 173 Å². The molecule has 0 atom stereocenters. The van der Waals surface area contributed by atoms with Crippen LogP contribution in [0.2, 0.25) is 0 Å². The number of nitrogens with one attached hydrogen (secondary N) is 1. The zero-order chi connectivity index (χ0) is 16.7. The van der Waals surface area contributed by atoms with Gasteiger partial charge in [0.1, 0.15) is 0 Å². The molecule has 0 aliphatic rings. The molecule has 0 saturated heterocycles. The van der Waals surface area contributed by atoms with Gasteiger partial charge in [0.25, 0.3) is 0 Å². The number of rotatable bonds is 6. The summed E-state index contributed by atoms with van der Waals surface area (Å²) in [4.78, 5) is 11.0. The van der Waals surface area contributed by atoms with Crippen molar-refractivity contribution in [2.75, 3.05) is 20.6 Å². The van der Waals surface area contributed by atoms with Gasteiger partial charge in [-0.1, -0.05) is 28.1 Å². The number of guanidine groups is 1. The van der Waals surface area contributed by atoms with E-state index in [9.17, 15) is 0 Å². The van der Waals surface area contributed by atoms with Gasteiger partial charge in [-0.3, -0.25) is 4.99 Å². The molecule has 1 aromatic carbocycles. The topological polar surface area (TPSA) is 40.5 Å². The molecule has 0 amide bonds. The minimum Gasteiger partial charge on any atom is -0.356 e. The molecule has 0 bridgehead atoms. The molecular formula is C17H24BrIN4S. The first-order valence-electron chi connectivity index (χ1n) is 7.65. The van der Waals surface area contributed by atoms with Crippen molar-refractivity contribution in [3.63, 3.8) is 0 Å². The third kappa shape index (κ3) is 7.06. The molecule has 1 aromatic heterocycles. The molecule has 0 radical (unpaired) electrons. The van der Waals surface area contributed by atoms with E-state index in [0.717, 1.165) is 42.1 Å². The highest BCUT2D eigenvalue weighted by atomic mass is 127. The molecule has 0 aliphatic carbocycles. The van der Waals surface area contributed by atoms with Crippen molar-refractivity contribution in [2.24, 2.45) is 4.99 Å². The lowest BCUT2D eigenvalue weighted by atomic mass is 10.2. The van der Waals surface area contributed by atoms with E-state index >= 15 is 0 Å². The zero-order valence-electron chi connectivity index (χ0n) is 14.3. The van der Waals surface area contributed by atoms with E-state index in [0.29, 0.717) is 0 Å². The Bertz CT molecular complexity index is 642. The maximum absolute atomic E-state index is 4.49. The van der Waals surface area contributed by atoms with Crippen LogP contribution >= 0.6 is 51.2 Å². The van der Waals surface area contributed by atoms with Gasteiger partial charge in [-0.15, -0.1) is 35.3 Å². The van der Waals surface area contributed by atoms with Crippen LogP contribution in [-0.2, 0) is 13.0 Å². The number of aliphatic imine (C=N–C) groups is 1. The molecular weight excluding hydrogens is 499 g/mol. The second kappa shape index (κ2) is 11.0. The molecule has 0 unspecified atom stereocenters. The minimum atomic E-state index is 0. The summed E-state index contributed by atoms with van der Waals surface area (Å²) in [5.41, 5.74) is 2.37. The van der Waals surface area contributed by atoms with Crippen LogP contribution in [0.25, 0.3) is 0 Å². The lowest BCUT2D eigenvalue weighted by molar-refractivity contribution is 0.476. The van der Waals surface area contributed by atoms with Gasteiger partial charge in [0, 0.05) is 49.2 Å². The summed E-state index contributed by atoms with van der Waals surface area (Å²) in [5.74, 6) is 0.920. The number of aryl methyl sites for hydroxylation is 2. The van der Waals surface area contributed by atoms with Crippen molar-refractivity contribution in [2.45, 2.75) is 26.3 Å². The predicted molar refractivity (Wildman–Crippen MR) is 118 cm³/mol. The average molecular weight is 523 g/mol. The smallest absolute Gasteiger partial charge is 0.193 e. The van der Waals surface area contributed by atoms with Gasteiger partial charge in [-0.2, -0.15) is 0 Å². The first kappa shape index (κ1) is 21.4. The standard InChI is InChI=1S/C17H23BrN4S.HI/c1-13-12-23-16(21-13)5-4-10-20-17(19-2)22(3)11-14-6-8-15(18)9-7-14;/h6-9,12H,4-5,10-11H2,1-3H3,(H,19,20);1H. The van der Waals surface area contributed by atoms with Gasteiger partial charge < -0.3 is 10.2 Å². The normalized spacial score (nSPS) is 11.1. The Hall–Kier alpha value is -0.670. The van der Waals surface area contributed by atoms with Crippen LogP contribution < -0.4 is 5.32 Å². The van der Waals surface area contributed by atoms with Crippen molar-refractivity contribution in [3.8, 4) is 0 Å². The minimum absolute atomic E-state index is 0. The molecule has 0 aliphatic heterocycles. The van der Waals surface area contributed by atoms with Crippen LogP contribution in [0.15, 0.2) is 39.1 Å². The first-order valence-corrected chi connectivity index (χ1v) is 9.33. The van der Waals surface area contributed by atoms with Crippen molar-refractivity contribution < 1.29 is 0 Å². The van der Waals surface area contributed by atoms with E-state index < -0.39 is 0 Å². The number of hydrogen-bond acceptors (Lipinski definition) is 3. The van der Waals surface area contributed by atoms with Crippen molar-refractivity contribution >= 4 is 57.2 Å². The SMILES string of the molecule is CN=C(NCCCc1nc(C)cs1)N(C)Cc1ccc(Br)cc1.I. The Morgan fingerprint density at radius 1 is 1.33 bits per heavy atom. The Balaban J connectivity index is 0.00000288. The summed E-state index contributed by atoms with van der Waals surface area (Å²) >= 11 is 5.20. The van der Waals surface area contributed by atoms with Gasteiger partial charge in [0.15, 0.2) is 5.96 Å².